The molecule has 0 bridgehead atoms. The number of hydrogen-bond donors (Lipinski definition) is 1. The van der Waals surface area contributed by atoms with Crippen molar-refractivity contribution in [2.24, 2.45) is 4.36 Å². The van der Waals surface area contributed by atoms with E-state index in [1.807, 2.05) is 44.1 Å². The summed E-state index contributed by atoms with van der Waals surface area (Å²) in [6.45, 7) is 9.25. The Kier molecular flexibility index (Phi) is 5.16. The van der Waals surface area contributed by atoms with Gasteiger partial charge in [-0.25, -0.2) is 12.9 Å². The van der Waals surface area contributed by atoms with Crippen molar-refractivity contribution < 1.29 is 4.21 Å². The van der Waals surface area contributed by atoms with E-state index < -0.39 is 9.92 Å². The minimum Gasteiger partial charge on any atom is -0.399 e. The summed E-state index contributed by atoms with van der Waals surface area (Å²) in [5.41, 5.74) is 6.40. The third-order valence-electron chi connectivity index (χ3n) is 2.57. The molecular formula is C13H23N3OS. The van der Waals surface area contributed by atoms with Gasteiger partial charge >= 0.3 is 0 Å². The van der Waals surface area contributed by atoms with Crippen LogP contribution in [0.2, 0.25) is 0 Å². The van der Waals surface area contributed by atoms with E-state index in [1.54, 1.807) is 12.1 Å². The average molecular weight is 269 g/mol. The summed E-state index contributed by atoms with van der Waals surface area (Å²) in [5, 5.41) is 0. The molecule has 4 nitrogen and oxygen atoms in total. The van der Waals surface area contributed by atoms with Crippen molar-refractivity contribution in [3.05, 3.63) is 24.3 Å². The SMILES string of the molecule is CCN(CC)S(=O)(=NC(C)C)c1cccc(N)c1. The molecule has 0 radical (unpaired) electrons. The van der Waals surface area contributed by atoms with Crippen LogP contribution in [0.25, 0.3) is 0 Å². The average Bonchev–Trinajstić information content (AvgIpc) is 2.29. The van der Waals surface area contributed by atoms with E-state index in [0.29, 0.717) is 23.7 Å². The van der Waals surface area contributed by atoms with Crippen molar-refractivity contribution in [2.45, 2.75) is 38.6 Å². The van der Waals surface area contributed by atoms with Gasteiger partial charge in [-0.15, -0.1) is 0 Å². The molecule has 0 spiro atoms. The first-order valence-corrected chi connectivity index (χ1v) is 7.78. The molecule has 0 saturated heterocycles. The molecule has 5 heteroatoms. The van der Waals surface area contributed by atoms with Crippen LogP contribution in [0.4, 0.5) is 5.69 Å². The zero-order valence-electron chi connectivity index (χ0n) is 11.6. The molecule has 18 heavy (non-hydrogen) atoms. The summed E-state index contributed by atoms with van der Waals surface area (Å²) >= 11 is 0. The molecule has 0 aliphatic rings. The second-order valence-corrected chi connectivity index (χ2v) is 6.57. The molecule has 0 fully saturated rings. The van der Waals surface area contributed by atoms with Crippen LogP contribution < -0.4 is 5.73 Å². The summed E-state index contributed by atoms with van der Waals surface area (Å²) in [4.78, 5) is 0.694. The highest BCUT2D eigenvalue weighted by Gasteiger charge is 2.20. The van der Waals surface area contributed by atoms with Crippen molar-refractivity contribution in [2.75, 3.05) is 18.8 Å². The van der Waals surface area contributed by atoms with E-state index in [0.717, 1.165) is 0 Å². The summed E-state index contributed by atoms with van der Waals surface area (Å²) in [6.07, 6.45) is 0. The summed E-state index contributed by atoms with van der Waals surface area (Å²) in [6, 6.07) is 7.22. The lowest BCUT2D eigenvalue weighted by atomic mass is 10.3. The molecule has 0 aliphatic carbocycles. The van der Waals surface area contributed by atoms with E-state index >= 15 is 0 Å². The number of rotatable bonds is 5. The Labute approximate surface area is 110 Å². The van der Waals surface area contributed by atoms with Gasteiger partial charge in [0.1, 0.15) is 9.92 Å². The topological polar surface area (TPSA) is 58.7 Å². The molecule has 102 valence electrons. The normalized spacial score (nSPS) is 14.8. The van der Waals surface area contributed by atoms with Gasteiger partial charge in [0.25, 0.3) is 0 Å². The molecule has 0 amide bonds. The van der Waals surface area contributed by atoms with Crippen molar-refractivity contribution in [3.63, 3.8) is 0 Å². The van der Waals surface area contributed by atoms with Gasteiger partial charge in [0, 0.05) is 18.8 Å². The fourth-order valence-electron chi connectivity index (χ4n) is 1.82. The zero-order valence-corrected chi connectivity index (χ0v) is 12.4. The Morgan fingerprint density at radius 2 is 1.94 bits per heavy atom. The third kappa shape index (κ3) is 3.23. The standard InChI is InChI=1S/C13H23N3OS/c1-5-16(6-2)18(17,15-11(3)4)13-9-7-8-12(14)10-13/h7-11H,5-6,14H2,1-4H3. The lowest BCUT2D eigenvalue weighted by Gasteiger charge is -2.24. The number of anilines is 1. The predicted molar refractivity (Wildman–Crippen MR) is 77.7 cm³/mol. The third-order valence-corrected chi connectivity index (χ3v) is 5.37. The Bertz CT molecular complexity index is 501. The Balaban J connectivity index is 3.43. The summed E-state index contributed by atoms with van der Waals surface area (Å²) in [5.74, 6) is 0. The van der Waals surface area contributed by atoms with Gasteiger partial charge in [-0.1, -0.05) is 19.9 Å². The van der Waals surface area contributed by atoms with Gasteiger partial charge in [0.2, 0.25) is 0 Å². The molecule has 0 aliphatic heterocycles. The lowest BCUT2D eigenvalue weighted by molar-refractivity contribution is 0.479. The monoisotopic (exact) mass is 269 g/mol. The van der Waals surface area contributed by atoms with Crippen LogP contribution in [-0.4, -0.2) is 27.6 Å². The van der Waals surface area contributed by atoms with Crippen molar-refractivity contribution in [1.82, 2.24) is 4.31 Å². The maximum atomic E-state index is 13.2. The van der Waals surface area contributed by atoms with Crippen LogP contribution >= 0.6 is 0 Å². The second kappa shape index (κ2) is 6.20. The maximum Gasteiger partial charge on any atom is 0.140 e. The fraction of sp³-hybridized carbons (Fsp3) is 0.538. The van der Waals surface area contributed by atoms with Crippen LogP contribution in [0.3, 0.4) is 0 Å². The van der Waals surface area contributed by atoms with Gasteiger partial charge < -0.3 is 5.73 Å². The Morgan fingerprint density at radius 1 is 1.33 bits per heavy atom. The Hall–Kier alpha value is -1.07. The van der Waals surface area contributed by atoms with E-state index in [9.17, 15) is 4.21 Å². The minimum atomic E-state index is -2.55. The molecule has 0 heterocycles. The van der Waals surface area contributed by atoms with Gasteiger partial charge in [-0.2, -0.15) is 0 Å². The van der Waals surface area contributed by atoms with Gasteiger partial charge in [-0.05, 0) is 32.0 Å². The largest absolute Gasteiger partial charge is 0.399 e. The van der Waals surface area contributed by atoms with E-state index in [1.165, 1.54) is 0 Å². The highest BCUT2D eigenvalue weighted by Crippen LogP contribution is 2.21. The molecular weight excluding hydrogens is 246 g/mol. The number of hydrogen-bond acceptors (Lipinski definition) is 3. The number of benzene rings is 1. The van der Waals surface area contributed by atoms with Crippen LogP contribution in [0.15, 0.2) is 33.5 Å². The predicted octanol–water partition coefficient (Wildman–Crippen LogP) is 2.76. The zero-order chi connectivity index (χ0) is 13.8. The van der Waals surface area contributed by atoms with Crippen molar-refractivity contribution >= 4 is 15.6 Å². The molecule has 0 saturated carbocycles. The molecule has 1 atom stereocenters. The first-order valence-electron chi connectivity index (χ1n) is 6.31. The van der Waals surface area contributed by atoms with Gasteiger partial charge in [0.05, 0.1) is 10.9 Å². The first-order chi connectivity index (χ1) is 8.43. The lowest BCUT2D eigenvalue weighted by Crippen LogP contribution is -2.31. The summed E-state index contributed by atoms with van der Waals surface area (Å²) in [7, 11) is -2.55. The quantitative estimate of drug-likeness (QED) is 0.836. The molecule has 0 aromatic heterocycles. The Morgan fingerprint density at radius 3 is 2.39 bits per heavy atom. The number of nitrogens with zero attached hydrogens (tertiary/aromatic N) is 2. The molecule has 1 unspecified atom stereocenters. The first kappa shape index (κ1) is 15.0. The van der Waals surface area contributed by atoms with Crippen molar-refractivity contribution in [1.29, 1.82) is 0 Å². The van der Waals surface area contributed by atoms with Crippen LogP contribution in [0, 0.1) is 0 Å². The molecule has 1 aromatic rings. The number of nitrogen functional groups attached to an aromatic ring is 1. The van der Waals surface area contributed by atoms with Gasteiger partial charge in [0.15, 0.2) is 0 Å². The van der Waals surface area contributed by atoms with Crippen LogP contribution in [0.1, 0.15) is 27.7 Å². The smallest absolute Gasteiger partial charge is 0.140 e. The highest BCUT2D eigenvalue weighted by atomic mass is 32.2. The minimum absolute atomic E-state index is 0.0135. The van der Waals surface area contributed by atoms with Gasteiger partial charge in [-0.3, -0.25) is 0 Å². The van der Waals surface area contributed by atoms with Crippen LogP contribution in [-0.2, 0) is 9.92 Å². The molecule has 2 N–H and O–H groups in total. The summed E-state index contributed by atoms with van der Waals surface area (Å²) < 4.78 is 19.6. The highest BCUT2D eigenvalue weighted by molar-refractivity contribution is 7.91. The van der Waals surface area contributed by atoms with E-state index in [-0.39, 0.29) is 6.04 Å². The van der Waals surface area contributed by atoms with E-state index in [4.69, 9.17) is 5.73 Å². The number of nitrogens with two attached hydrogens (primary N) is 1. The molecule has 1 rings (SSSR count). The fourth-order valence-corrected chi connectivity index (χ4v) is 4.19. The van der Waals surface area contributed by atoms with Crippen molar-refractivity contribution in [3.8, 4) is 0 Å². The second-order valence-electron chi connectivity index (χ2n) is 4.38. The van der Waals surface area contributed by atoms with E-state index in [2.05, 4.69) is 4.36 Å². The van der Waals surface area contributed by atoms with Crippen LogP contribution in [0.5, 0.6) is 0 Å². The maximum absolute atomic E-state index is 13.2. The molecule has 1 aromatic carbocycles.